The smallest absolute Gasteiger partial charge is 0.323 e. The van der Waals surface area contributed by atoms with Crippen molar-refractivity contribution < 1.29 is 14.4 Å². The third kappa shape index (κ3) is 3.34. The molecule has 0 spiro atoms. The number of hydrogen-bond donors (Lipinski definition) is 2. The largest absolute Gasteiger partial charge is 0.480 e. The molecule has 0 amide bonds. The van der Waals surface area contributed by atoms with Gasteiger partial charge in [-0.15, -0.1) is 0 Å². The predicted octanol–water partition coefficient (Wildman–Crippen LogP) is 2.34. The number of halogens is 1. The second-order valence-corrected chi connectivity index (χ2v) is 5.24. The van der Waals surface area contributed by atoms with Crippen molar-refractivity contribution in [1.82, 2.24) is 15.5 Å². The van der Waals surface area contributed by atoms with E-state index in [-0.39, 0.29) is 6.54 Å². The lowest BCUT2D eigenvalue weighted by atomic mass is 10.1. The number of rotatable bonds is 5. The highest BCUT2D eigenvalue weighted by Crippen LogP contribution is 2.19. The van der Waals surface area contributed by atoms with Gasteiger partial charge in [-0.05, 0) is 38.1 Å². The van der Waals surface area contributed by atoms with Gasteiger partial charge in [0, 0.05) is 10.6 Å². The molecule has 0 bridgehead atoms. The number of aliphatic carboxylic acids is 1. The van der Waals surface area contributed by atoms with Crippen molar-refractivity contribution in [3.8, 4) is 11.5 Å². The minimum atomic E-state index is -1.05. The van der Waals surface area contributed by atoms with Crippen LogP contribution in [0, 0.1) is 0 Å². The van der Waals surface area contributed by atoms with Crippen LogP contribution in [0.5, 0.6) is 0 Å². The summed E-state index contributed by atoms with van der Waals surface area (Å²) in [5, 5.41) is 16.3. The van der Waals surface area contributed by atoms with E-state index in [4.69, 9.17) is 21.2 Å². The van der Waals surface area contributed by atoms with Crippen LogP contribution in [0.15, 0.2) is 28.8 Å². The summed E-state index contributed by atoms with van der Waals surface area (Å²) in [5.41, 5.74) is -0.299. The van der Waals surface area contributed by atoms with E-state index in [0.717, 1.165) is 5.56 Å². The first-order valence-electron chi connectivity index (χ1n) is 5.95. The highest BCUT2D eigenvalue weighted by atomic mass is 35.5. The van der Waals surface area contributed by atoms with E-state index in [2.05, 4.69) is 15.5 Å². The predicted molar refractivity (Wildman–Crippen MR) is 73.3 cm³/mol. The summed E-state index contributed by atoms with van der Waals surface area (Å²) < 4.78 is 5.12. The Bertz CT molecular complexity index is 608. The van der Waals surface area contributed by atoms with Crippen molar-refractivity contribution in [2.45, 2.75) is 25.9 Å². The third-order valence-electron chi connectivity index (χ3n) is 2.78. The number of nitrogens with one attached hydrogen (secondary N) is 1. The quantitative estimate of drug-likeness (QED) is 0.880. The molecule has 2 N–H and O–H groups in total. The number of benzene rings is 1. The number of carboxylic acid groups (broad SMARTS) is 1. The van der Waals surface area contributed by atoms with Gasteiger partial charge in [0.15, 0.2) is 5.82 Å². The van der Waals surface area contributed by atoms with Crippen LogP contribution in [0.2, 0.25) is 5.02 Å². The Balaban J connectivity index is 2.06. The van der Waals surface area contributed by atoms with Gasteiger partial charge in [0.05, 0.1) is 6.54 Å². The summed E-state index contributed by atoms with van der Waals surface area (Å²) in [4.78, 5) is 15.2. The molecule has 0 radical (unpaired) electrons. The first-order valence-corrected chi connectivity index (χ1v) is 6.33. The molecule has 6 nitrogen and oxygen atoms in total. The minimum Gasteiger partial charge on any atom is -0.480 e. The molecule has 2 aromatic rings. The number of nitrogens with zero attached hydrogens (tertiary/aromatic N) is 2. The molecule has 0 unspecified atom stereocenters. The maximum atomic E-state index is 11.0. The molecule has 7 heteroatoms. The second kappa shape index (κ2) is 5.60. The first kappa shape index (κ1) is 14.5. The van der Waals surface area contributed by atoms with Gasteiger partial charge in [-0.25, -0.2) is 0 Å². The van der Waals surface area contributed by atoms with Gasteiger partial charge in [0.25, 0.3) is 5.89 Å². The molecule has 0 saturated carbocycles. The average Bonchev–Trinajstić information content (AvgIpc) is 2.86. The molecule has 106 valence electrons. The third-order valence-corrected chi connectivity index (χ3v) is 3.03. The summed E-state index contributed by atoms with van der Waals surface area (Å²) >= 11 is 5.80. The molecular formula is C13H14ClN3O3. The summed E-state index contributed by atoms with van der Waals surface area (Å²) in [6.45, 7) is 3.33. The average molecular weight is 296 g/mol. The van der Waals surface area contributed by atoms with Crippen LogP contribution >= 0.6 is 11.6 Å². The topological polar surface area (TPSA) is 88.3 Å². The lowest BCUT2D eigenvalue weighted by Gasteiger charge is -2.19. The highest BCUT2D eigenvalue weighted by Gasteiger charge is 2.26. The van der Waals surface area contributed by atoms with Gasteiger partial charge in [-0.2, -0.15) is 4.98 Å². The van der Waals surface area contributed by atoms with Crippen LogP contribution in [0.4, 0.5) is 0 Å². The molecular weight excluding hydrogens is 282 g/mol. The Hall–Kier alpha value is -1.92. The standard InChI is InChI=1S/C13H14ClN3O3/c1-13(2,12(18)19)15-7-10-16-11(20-17-10)8-3-5-9(14)6-4-8/h3-6,15H,7H2,1-2H3,(H,18,19). The van der Waals surface area contributed by atoms with E-state index in [1.54, 1.807) is 38.1 Å². The molecule has 20 heavy (non-hydrogen) atoms. The van der Waals surface area contributed by atoms with E-state index in [9.17, 15) is 4.79 Å². The maximum absolute atomic E-state index is 11.0. The van der Waals surface area contributed by atoms with Gasteiger partial charge in [0.2, 0.25) is 0 Å². The minimum absolute atomic E-state index is 0.205. The van der Waals surface area contributed by atoms with Crippen LogP contribution in [-0.2, 0) is 11.3 Å². The van der Waals surface area contributed by atoms with Gasteiger partial charge >= 0.3 is 5.97 Å². The van der Waals surface area contributed by atoms with Crippen molar-refractivity contribution >= 4 is 17.6 Å². The monoisotopic (exact) mass is 295 g/mol. The van der Waals surface area contributed by atoms with Crippen LogP contribution in [0.25, 0.3) is 11.5 Å². The fourth-order valence-electron chi connectivity index (χ4n) is 1.41. The van der Waals surface area contributed by atoms with E-state index in [0.29, 0.717) is 16.7 Å². The Labute approximate surface area is 120 Å². The highest BCUT2D eigenvalue weighted by molar-refractivity contribution is 6.30. The Kier molecular flexibility index (Phi) is 4.06. The number of carboxylic acids is 1. The van der Waals surface area contributed by atoms with Crippen molar-refractivity contribution in [2.75, 3.05) is 0 Å². The van der Waals surface area contributed by atoms with Crippen LogP contribution in [-0.4, -0.2) is 26.8 Å². The van der Waals surface area contributed by atoms with E-state index >= 15 is 0 Å². The molecule has 0 atom stereocenters. The number of hydrogen-bond acceptors (Lipinski definition) is 5. The summed E-state index contributed by atoms with van der Waals surface area (Å²) in [7, 11) is 0. The molecule has 0 fully saturated rings. The molecule has 0 aliphatic heterocycles. The molecule has 1 aromatic heterocycles. The van der Waals surface area contributed by atoms with Gasteiger partial charge < -0.3 is 9.63 Å². The Morgan fingerprint density at radius 2 is 2.05 bits per heavy atom. The molecule has 2 rings (SSSR count). The number of carbonyl (C=O) groups is 1. The Morgan fingerprint density at radius 1 is 1.40 bits per heavy atom. The maximum Gasteiger partial charge on any atom is 0.323 e. The van der Waals surface area contributed by atoms with E-state index < -0.39 is 11.5 Å². The van der Waals surface area contributed by atoms with Crippen LogP contribution in [0.3, 0.4) is 0 Å². The fraction of sp³-hybridized carbons (Fsp3) is 0.308. The second-order valence-electron chi connectivity index (χ2n) is 4.81. The normalized spacial score (nSPS) is 11.6. The van der Waals surface area contributed by atoms with Crippen molar-refractivity contribution in [3.63, 3.8) is 0 Å². The zero-order valence-corrected chi connectivity index (χ0v) is 11.8. The summed E-state index contributed by atoms with van der Waals surface area (Å²) in [6.07, 6.45) is 0. The first-order chi connectivity index (χ1) is 9.38. The zero-order valence-electron chi connectivity index (χ0n) is 11.1. The lowest BCUT2D eigenvalue weighted by Crippen LogP contribution is -2.46. The van der Waals surface area contributed by atoms with Gasteiger partial charge in [0.1, 0.15) is 5.54 Å². The van der Waals surface area contributed by atoms with Crippen molar-refractivity contribution in [3.05, 3.63) is 35.1 Å². The van der Waals surface area contributed by atoms with Crippen LogP contribution < -0.4 is 5.32 Å². The van der Waals surface area contributed by atoms with Gasteiger partial charge in [-0.3, -0.25) is 10.1 Å². The molecule has 1 aromatic carbocycles. The molecule has 0 aliphatic rings. The molecule has 1 heterocycles. The van der Waals surface area contributed by atoms with Crippen molar-refractivity contribution in [1.29, 1.82) is 0 Å². The van der Waals surface area contributed by atoms with Crippen molar-refractivity contribution in [2.24, 2.45) is 0 Å². The lowest BCUT2D eigenvalue weighted by molar-refractivity contribution is -0.143. The number of aromatic nitrogens is 2. The summed E-state index contributed by atoms with van der Waals surface area (Å²) in [6, 6.07) is 7.00. The SMILES string of the molecule is CC(C)(NCc1noc(-c2ccc(Cl)cc2)n1)C(=O)O. The summed E-state index contributed by atoms with van der Waals surface area (Å²) in [5.74, 6) is -0.185. The zero-order chi connectivity index (χ0) is 14.8. The van der Waals surface area contributed by atoms with Gasteiger partial charge in [-0.1, -0.05) is 16.8 Å². The van der Waals surface area contributed by atoms with E-state index in [1.807, 2.05) is 0 Å². The molecule has 0 saturated heterocycles. The van der Waals surface area contributed by atoms with Crippen LogP contribution in [0.1, 0.15) is 19.7 Å². The Morgan fingerprint density at radius 3 is 2.65 bits per heavy atom. The molecule has 0 aliphatic carbocycles. The fourth-order valence-corrected chi connectivity index (χ4v) is 1.54. The van der Waals surface area contributed by atoms with E-state index in [1.165, 1.54) is 0 Å².